The number of halogens is 1. The van der Waals surface area contributed by atoms with E-state index < -0.39 is 5.97 Å². The van der Waals surface area contributed by atoms with Crippen LogP contribution >= 0.6 is 22.6 Å². The minimum atomic E-state index is -0.495. The number of aryl methyl sites for hydroxylation is 1. The maximum atomic E-state index is 11.6. The molecule has 1 heterocycles. The van der Waals surface area contributed by atoms with Crippen LogP contribution in [0.1, 0.15) is 17.5 Å². The van der Waals surface area contributed by atoms with Gasteiger partial charge < -0.3 is 4.74 Å². The fourth-order valence-corrected chi connectivity index (χ4v) is 2.17. The predicted molar refractivity (Wildman–Crippen MR) is 75.1 cm³/mol. The van der Waals surface area contributed by atoms with Gasteiger partial charge in [-0.25, -0.2) is 14.5 Å². The smallest absolute Gasteiger partial charge is 0.378 e. The third kappa shape index (κ3) is 2.53. The highest BCUT2D eigenvalue weighted by atomic mass is 127. The Morgan fingerprint density at radius 2 is 2.17 bits per heavy atom. The second kappa shape index (κ2) is 5.47. The van der Waals surface area contributed by atoms with Crippen molar-refractivity contribution in [3.05, 3.63) is 33.7 Å². The molecule has 0 aliphatic heterocycles. The summed E-state index contributed by atoms with van der Waals surface area (Å²) in [6.07, 6.45) is 0. The van der Waals surface area contributed by atoms with Gasteiger partial charge in [0.15, 0.2) is 5.82 Å². The molecular formula is C12H12IN3O2. The summed E-state index contributed by atoms with van der Waals surface area (Å²) in [6, 6.07) is 7.81. The van der Waals surface area contributed by atoms with E-state index in [2.05, 4.69) is 32.7 Å². The van der Waals surface area contributed by atoms with Gasteiger partial charge in [0.1, 0.15) is 0 Å². The Kier molecular flexibility index (Phi) is 3.95. The van der Waals surface area contributed by atoms with E-state index in [0.717, 1.165) is 9.13 Å². The quantitative estimate of drug-likeness (QED) is 0.625. The van der Waals surface area contributed by atoms with Gasteiger partial charge in [-0.2, -0.15) is 0 Å². The summed E-state index contributed by atoms with van der Waals surface area (Å²) in [5.41, 5.74) is 0.948. The second-order valence-corrected chi connectivity index (χ2v) is 4.75. The number of benzene rings is 1. The van der Waals surface area contributed by atoms with Crippen LogP contribution in [-0.2, 0) is 11.8 Å². The standard InChI is InChI=1S/C12H12IN3O2/c1-3-18-12(17)10-14-11(16(2)15-10)8-6-4-5-7-9(8)13/h4-7H,3H2,1-2H3. The van der Waals surface area contributed by atoms with Crippen LogP contribution < -0.4 is 0 Å². The highest BCUT2D eigenvalue weighted by Crippen LogP contribution is 2.22. The van der Waals surface area contributed by atoms with E-state index in [4.69, 9.17) is 4.74 Å². The lowest BCUT2D eigenvalue weighted by molar-refractivity contribution is 0.0512. The first-order valence-corrected chi connectivity index (χ1v) is 6.54. The largest absolute Gasteiger partial charge is 0.460 e. The van der Waals surface area contributed by atoms with Gasteiger partial charge in [-0.05, 0) is 35.6 Å². The molecule has 0 radical (unpaired) electrons. The molecular weight excluding hydrogens is 345 g/mol. The molecule has 0 saturated heterocycles. The van der Waals surface area contributed by atoms with Crippen LogP contribution in [0, 0.1) is 3.57 Å². The van der Waals surface area contributed by atoms with Crippen molar-refractivity contribution >= 4 is 28.6 Å². The zero-order valence-electron chi connectivity index (χ0n) is 10.1. The van der Waals surface area contributed by atoms with Gasteiger partial charge in [-0.3, -0.25) is 0 Å². The summed E-state index contributed by atoms with van der Waals surface area (Å²) in [5.74, 6) is 0.252. The Morgan fingerprint density at radius 3 is 2.83 bits per heavy atom. The fourth-order valence-electron chi connectivity index (χ4n) is 1.54. The summed E-state index contributed by atoms with van der Waals surface area (Å²) in [4.78, 5) is 15.8. The summed E-state index contributed by atoms with van der Waals surface area (Å²) < 4.78 is 7.53. The predicted octanol–water partition coefficient (Wildman–Crippen LogP) is 2.26. The maximum Gasteiger partial charge on any atom is 0.378 e. The average Bonchev–Trinajstić information content (AvgIpc) is 2.72. The van der Waals surface area contributed by atoms with Crippen molar-refractivity contribution in [1.82, 2.24) is 14.8 Å². The maximum absolute atomic E-state index is 11.6. The van der Waals surface area contributed by atoms with E-state index in [-0.39, 0.29) is 5.82 Å². The molecule has 6 heteroatoms. The number of carbonyl (C=O) groups is 1. The van der Waals surface area contributed by atoms with Crippen LogP contribution in [-0.4, -0.2) is 27.3 Å². The van der Waals surface area contributed by atoms with Crippen LogP contribution in [0.4, 0.5) is 0 Å². The van der Waals surface area contributed by atoms with Crippen LogP contribution in [0.5, 0.6) is 0 Å². The molecule has 94 valence electrons. The van der Waals surface area contributed by atoms with Gasteiger partial charge in [0.05, 0.1) is 6.61 Å². The van der Waals surface area contributed by atoms with E-state index >= 15 is 0 Å². The van der Waals surface area contributed by atoms with Crippen molar-refractivity contribution in [2.45, 2.75) is 6.92 Å². The molecule has 18 heavy (non-hydrogen) atoms. The van der Waals surface area contributed by atoms with Crippen LogP contribution in [0.15, 0.2) is 24.3 Å². The average molecular weight is 357 g/mol. The van der Waals surface area contributed by atoms with Gasteiger partial charge in [-0.1, -0.05) is 18.2 Å². The molecule has 1 aromatic heterocycles. The molecule has 0 N–H and O–H groups in total. The lowest BCUT2D eigenvalue weighted by atomic mass is 10.2. The van der Waals surface area contributed by atoms with Crippen molar-refractivity contribution in [2.24, 2.45) is 7.05 Å². The highest BCUT2D eigenvalue weighted by molar-refractivity contribution is 14.1. The molecule has 2 aromatic rings. The first-order valence-electron chi connectivity index (χ1n) is 5.46. The van der Waals surface area contributed by atoms with Crippen molar-refractivity contribution in [2.75, 3.05) is 6.61 Å². The first kappa shape index (κ1) is 13.0. The van der Waals surface area contributed by atoms with Crippen molar-refractivity contribution in [3.8, 4) is 11.4 Å². The molecule has 0 amide bonds. The Labute approximate surface area is 118 Å². The van der Waals surface area contributed by atoms with Crippen LogP contribution in [0.2, 0.25) is 0 Å². The third-order valence-electron chi connectivity index (χ3n) is 2.34. The van der Waals surface area contributed by atoms with Gasteiger partial charge in [0.25, 0.3) is 5.82 Å². The number of aromatic nitrogens is 3. The van der Waals surface area contributed by atoms with Gasteiger partial charge in [0.2, 0.25) is 0 Å². The van der Waals surface area contributed by atoms with Gasteiger partial charge in [-0.15, -0.1) is 5.10 Å². The molecule has 0 atom stereocenters. The molecule has 0 unspecified atom stereocenters. The number of nitrogens with zero attached hydrogens (tertiary/aromatic N) is 3. The topological polar surface area (TPSA) is 57.0 Å². The Hall–Kier alpha value is -1.44. The number of esters is 1. The number of hydrogen-bond acceptors (Lipinski definition) is 4. The minimum Gasteiger partial charge on any atom is -0.460 e. The monoisotopic (exact) mass is 357 g/mol. The van der Waals surface area contributed by atoms with E-state index in [9.17, 15) is 4.79 Å². The molecule has 0 aliphatic carbocycles. The lowest BCUT2D eigenvalue weighted by Crippen LogP contribution is -2.07. The third-order valence-corrected chi connectivity index (χ3v) is 3.28. The number of hydrogen-bond donors (Lipinski definition) is 0. The first-order chi connectivity index (χ1) is 8.63. The number of rotatable bonds is 3. The molecule has 2 rings (SSSR count). The highest BCUT2D eigenvalue weighted by Gasteiger charge is 2.17. The fraction of sp³-hybridized carbons (Fsp3) is 0.250. The summed E-state index contributed by atoms with van der Waals surface area (Å²) >= 11 is 2.23. The molecule has 0 aliphatic rings. The summed E-state index contributed by atoms with van der Waals surface area (Å²) in [5, 5.41) is 4.07. The Morgan fingerprint density at radius 1 is 1.44 bits per heavy atom. The normalized spacial score (nSPS) is 10.4. The van der Waals surface area contributed by atoms with Gasteiger partial charge in [0, 0.05) is 16.2 Å². The zero-order chi connectivity index (χ0) is 13.1. The molecule has 0 spiro atoms. The molecule has 0 fully saturated rings. The molecule has 1 aromatic carbocycles. The number of carbonyl (C=O) groups excluding carboxylic acids is 1. The minimum absolute atomic E-state index is 0.0917. The van der Waals surface area contributed by atoms with Crippen LogP contribution in [0.25, 0.3) is 11.4 Å². The second-order valence-electron chi connectivity index (χ2n) is 3.58. The van der Waals surface area contributed by atoms with E-state index in [1.54, 1.807) is 18.7 Å². The van der Waals surface area contributed by atoms with Crippen LogP contribution in [0.3, 0.4) is 0 Å². The molecule has 5 nitrogen and oxygen atoms in total. The zero-order valence-corrected chi connectivity index (χ0v) is 12.2. The summed E-state index contributed by atoms with van der Waals surface area (Å²) in [6.45, 7) is 2.07. The van der Waals surface area contributed by atoms with E-state index in [0.29, 0.717) is 12.4 Å². The number of ether oxygens (including phenoxy) is 1. The molecule has 0 saturated carbocycles. The summed E-state index contributed by atoms with van der Waals surface area (Å²) in [7, 11) is 1.76. The lowest BCUT2D eigenvalue weighted by Gasteiger charge is -2.01. The van der Waals surface area contributed by atoms with E-state index in [1.165, 1.54) is 0 Å². The van der Waals surface area contributed by atoms with E-state index in [1.807, 2.05) is 24.3 Å². The van der Waals surface area contributed by atoms with Gasteiger partial charge >= 0.3 is 5.97 Å². The van der Waals surface area contributed by atoms with Crippen molar-refractivity contribution in [1.29, 1.82) is 0 Å². The molecule has 0 bridgehead atoms. The Bertz CT molecular complexity index is 580. The van der Waals surface area contributed by atoms with Crippen molar-refractivity contribution < 1.29 is 9.53 Å². The SMILES string of the molecule is CCOC(=O)c1nc(-c2ccccc2I)n(C)n1. The van der Waals surface area contributed by atoms with Crippen molar-refractivity contribution in [3.63, 3.8) is 0 Å². The Balaban J connectivity index is 2.42.